The maximum Gasteiger partial charge on any atom is 0.239 e. The van der Waals surface area contributed by atoms with E-state index in [1.54, 1.807) is 0 Å². The van der Waals surface area contributed by atoms with Gasteiger partial charge in [0, 0.05) is 0 Å². The van der Waals surface area contributed by atoms with Crippen molar-refractivity contribution in [1.82, 2.24) is 0 Å². The lowest BCUT2D eigenvalue weighted by molar-refractivity contribution is -0.116. The van der Waals surface area contributed by atoms with Gasteiger partial charge in [-0.05, 0) is 6.92 Å². The highest BCUT2D eigenvalue weighted by atomic mass is 16.1. The summed E-state index contributed by atoms with van der Waals surface area (Å²) in [6, 6.07) is 0.148. The van der Waals surface area contributed by atoms with Crippen molar-refractivity contribution in [3.05, 3.63) is 6.04 Å². The highest BCUT2D eigenvalue weighted by molar-refractivity contribution is 5.86. The second kappa shape index (κ2) is 1.77. The Labute approximate surface area is 36.3 Å². The molecule has 0 aliphatic carbocycles. The molecule has 0 spiro atoms. The second-order valence-corrected chi connectivity index (χ2v) is 1.05. The number of hydrogen-bond acceptors (Lipinski definition) is 2. The van der Waals surface area contributed by atoms with E-state index in [0.29, 0.717) is 0 Å². The average molecular weight is 87.1 g/mol. The molecule has 6 heavy (non-hydrogen) atoms. The van der Waals surface area contributed by atoms with Gasteiger partial charge in [-0.2, -0.15) is 0 Å². The lowest BCUT2D eigenvalue weighted by atomic mass is 10.4. The van der Waals surface area contributed by atoms with E-state index in [1.165, 1.54) is 6.92 Å². The highest BCUT2D eigenvalue weighted by Gasteiger charge is 1.98. The average Bonchev–Trinajstić information content (AvgIpc) is 1.36. The third kappa shape index (κ3) is 1.72. The minimum atomic E-state index is -0.546. The van der Waals surface area contributed by atoms with Gasteiger partial charge in [-0.25, -0.2) is 0 Å². The molecule has 0 heterocycles. The first-order valence-corrected chi connectivity index (χ1v) is 1.53. The van der Waals surface area contributed by atoms with Crippen molar-refractivity contribution in [1.29, 1.82) is 0 Å². The topological polar surface area (TPSA) is 69.1 Å². The zero-order valence-corrected chi connectivity index (χ0v) is 3.56. The summed E-state index contributed by atoms with van der Waals surface area (Å²) in [5.74, 6) is -0.546. The molecule has 0 bridgehead atoms. The summed E-state index contributed by atoms with van der Waals surface area (Å²) in [6.45, 7) is 1.46. The molecular formula is C3H7N2O. The maximum atomic E-state index is 9.76. The monoisotopic (exact) mass is 87.1 g/mol. The van der Waals surface area contributed by atoms with Crippen LogP contribution < -0.4 is 11.5 Å². The summed E-state index contributed by atoms with van der Waals surface area (Å²) < 4.78 is 0. The lowest BCUT2D eigenvalue weighted by Crippen LogP contribution is -2.25. The zero-order chi connectivity index (χ0) is 5.15. The number of primary amides is 1. The molecule has 35 valence electrons. The molecule has 0 saturated carbocycles. The van der Waals surface area contributed by atoms with Gasteiger partial charge in [-0.15, -0.1) is 0 Å². The van der Waals surface area contributed by atoms with Crippen molar-refractivity contribution in [3.8, 4) is 0 Å². The first kappa shape index (κ1) is 5.43. The van der Waals surface area contributed by atoms with Gasteiger partial charge in [0.05, 0.1) is 0 Å². The van der Waals surface area contributed by atoms with Crippen molar-refractivity contribution in [2.45, 2.75) is 6.92 Å². The maximum absolute atomic E-state index is 9.76. The molecule has 0 atom stereocenters. The second-order valence-electron chi connectivity index (χ2n) is 1.05. The standard InChI is InChI=1S/C3H7N2O/c1-2(4)3(5)6/h4H2,1H3,(H2,5,6). The summed E-state index contributed by atoms with van der Waals surface area (Å²) in [7, 11) is 0. The fourth-order valence-corrected chi connectivity index (χ4v) is 0. The van der Waals surface area contributed by atoms with E-state index in [9.17, 15) is 4.79 Å². The molecule has 3 nitrogen and oxygen atoms in total. The number of nitrogens with two attached hydrogens (primary N) is 2. The van der Waals surface area contributed by atoms with E-state index in [-0.39, 0.29) is 6.04 Å². The van der Waals surface area contributed by atoms with E-state index < -0.39 is 5.91 Å². The van der Waals surface area contributed by atoms with E-state index in [0.717, 1.165) is 0 Å². The van der Waals surface area contributed by atoms with E-state index in [1.807, 2.05) is 0 Å². The molecule has 0 rings (SSSR count). The SMILES string of the molecule is C[C](N)C(N)=O. The smallest absolute Gasteiger partial charge is 0.239 e. The summed E-state index contributed by atoms with van der Waals surface area (Å²) in [4.78, 5) is 9.76. The van der Waals surface area contributed by atoms with E-state index in [4.69, 9.17) is 5.73 Å². The van der Waals surface area contributed by atoms with Gasteiger partial charge in [0.15, 0.2) is 0 Å². The van der Waals surface area contributed by atoms with E-state index >= 15 is 0 Å². The Hall–Kier alpha value is -0.570. The Morgan fingerprint density at radius 1 is 1.50 bits per heavy atom. The first-order chi connectivity index (χ1) is 2.64. The number of amides is 1. The van der Waals surface area contributed by atoms with Crippen LogP contribution in [0.1, 0.15) is 6.92 Å². The van der Waals surface area contributed by atoms with Crippen LogP contribution in [-0.4, -0.2) is 5.91 Å². The largest absolute Gasteiger partial charge is 0.368 e. The van der Waals surface area contributed by atoms with E-state index in [2.05, 4.69) is 5.73 Å². The minimum Gasteiger partial charge on any atom is -0.368 e. The Morgan fingerprint density at radius 3 is 1.67 bits per heavy atom. The van der Waals surface area contributed by atoms with Crippen LogP contribution >= 0.6 is 0 Å². The van der Waals surface area contributed by atoms with Gasteiger partial charge in [-0.3, -0.25) is 4.79 Å². The van der Waals surface area contributed by atoms with Gasteiger partial charge in [0.2, 0.25) is 5.91 Å². The van der Waals surface area contributed by atoms with Crippen LogP contribution in [0.5, 0.6) is 0 Å². The summed E-state index contributed by atoms with van der Waals surface area (Å²) in [6.07, 6.45) is 0. The van der Waals surface area contributed by atoms with Crippen molar-refractivity contribution in [2.75, 3.05) is 0 Å². The number of hydrogen-bond donors (Lipinski definition) is 2. The molecule has 0 aromatic heterocycles. The van der Waals surface area contributed by atoms with Gasteiger partial charge in [0.25, 0.3) is 0 Å². The molecule has 0 fully saturated rings. The summed E-state index contributed by atoms with van der Waals surface area (Å²) in [5.41, 5.74) is 9.51. The van der Waals surface area contributed by atoms with Crippen molar-refractivity contribution in [2.24, 2.45) is 11.5 Å². The predicted molar refractivity (Wildman–Crippen MR) is 22.3 cm³/mol. The minimum absolute atomic E-state index is 0.148. The molecule has 0 aliphatic heterocycles. The molecule has 4 N–H and O–H groups in total. The summed E-state index contributed by atoms with van der Waals surface area (Å²) in [5, 5.41) is 0. The van der Waals surface area contributed by atoms with Gasteiger partial charge in [0.1, 0.15) is 6.04 Å². The third-order valence-corrected chi connectivity index (χ3v) is 0.389. The Balaban J connectivity index is 3.26. The highest BCUT2D eigenvalue weighted by Crippen LogP contribution is 1.76. The molecule has 0 aromatic rings. The molecule has 0 aromatic carbocycles. The van der Waals surface area contributed by atoms with Crippen LogP contribution in [0, 0.1) is 6.04 Å². The Morgan fingerprint density at radius 2 is 1.67 bits per heavy atom. The molecule has 1 amide bonds. The van der Waals surface area contributed by atoms with Crippen LogP contribution in [0.15, 0.2) is 0 Å². The Kier molecular flexibility index (Phi) is 1.60. The van der Waals surface area contributed by atoms with Crippen LogP contribution in [0.25, 0.3) is 0 Å². The fourth-order valence-electron chi connectivity index (χ4n) is 0. The third-order valence-electron chi connectivity index (χ3n) is 0.389. The molecule has 3 heteroatoms. The Bertz CT molecular complexity index is 59.8. The molecular weight excluding hydrogens is 80.0 g/mol. The van der Waals surface area contributed by atoms with Crippen LogP contribution in [0.3, 0.4) is 0 Å². The van der Waals surface area contributed by atoms with Crippen LogP contribution in [-0.2, 0) is 4.79 Å². The predicted octanol–water partition coefficient (Wildman–Crippen LogP) is -1.02. The quantitative estimate of drug-likeness (QED) is 0.430. The molecule has 0 unspecified atom stereocenters. The van der Waals surface area contributed by atoms with Crippen molar-refractivity contribution < 1.29 is 4.79 Å². The zero-order valence-electron chi connectivity index (χ0n) is 3.56. The van der Waals surface area contributed by atoms with Crippen LogP contribution in [0.4, 0.5) is 0 Å². The number of rotatable bonds is 1. The number of carbonyl (C=O) groups excluding carboxylic acids is 1. The van der Waals surface area contributed by atoms with Gasteiger partial charge in [-0.1, -0.05) is 0 Å². The van der Waals surface area contributed by atoms with Gasteiger partial charge < -0.3 is 11.5 Å². The lowest BCUT2D eigenvalue weighted by Gasteiger charge is -1.90. The first-order valence-electron chi connectivity index (χ1n) is 1.53. The fraction of sp³-hybridized carbons (Fsp3) is 0.333. The molecule has 0 saturated heterocycles. The normalized spacial score (nSPS) is 9.17. The number of carbonyl (C=O) groups is 1. The summed E-state index contributed by atoms with van der Waals surface area (Å²) >= 11 is 0. The van der Waals surface area contributed by atoms with Crippen LogP contribution in [0.2, 0.25) is 0 Å². The molecule has 1 radical (unpaired) electrons. The van der Waals surface area contributed by atoms with Crippen molar-refractivity contribution >= 4 is 5.91 Å². The van der Waals surface area contributed by atoms with Crippen molar-refractivity contribution in [3.63, 3.8) is 0 Å². The van der Waals surface area contributed by atoms with Gasteiger partial charge >= 0.3 is 0 Å². The molecule has 0 aliphatic rings.